The van der Waals surface area contributed by atoms with Gasteiger partial charge in [-0.15, -0.1) is 22.7 Å². The van der Waals surface area contributed by atoms with Crippen molar-refractivity contribution in [2.45, 2.75) is 39.9 Å². The molecule has 0 fully saturated rings. The van der Waals surface area contributed by atoms with Crippen LogP contribution >= 0.6 is 22.7 Å². The second kappa shape index (κ2) is 15.8. The van der Waals surface area contributed by atoms with Crippen LogP contribution in [0.1, 0.15) is 17.0 Å². The summed E-state index contributed by atoms with van der Waals surface area (Å²) in [7, 11) is 0. The first kappa shape index (κ1) is 36.6. The molecule has 8 heterocycles. The fourth-order valence-corrected chi connectivity index (χ4v) is 9.17. The summed E-state index contributed by atoms with van der Waals surface area (Å²) in [6, 6.07) is 24.6. The van der Waals surface area contributed by atoms with Crippen molar-refractivity contribution in [2.24, 2.45) is 0 Å². The van der Waals surface area contributed by atoms with Crippen LogP contribution in [0.5, 0.6) is 0 Å². The molecule has 0 aliphatic rings. The minimum Gasteiger partial charge on any atom is -0.383 e. The zero-order valence-electron chi connectivity index (χ0n) is 31.7. The van der Waals surface area contributed by atoms with Crippen LogP contribution < -0.4 is 11.5 Å². The van der Waals surface area contributed by atoms with E-state index >= 15 is 0 Å². The molecule has 0 radical (unpaired) electrons. The highest BCUT2D eigenvalue weighted by Gasteiger charge is 2.21. The van der Waals surface area contributed by atoms with Crippen molar-refractivity contribution in [3.05, 3.63) is 134 Å². The van der Waals surface area contributed by atoms with E-state index in [1.54, 1.807) is 28.9 Å². The van der Waals surface area contributed by atoms with Gasteiger partial charge in [0.2, 0.25) is 0 Å². The molecule has 58 heavy (non-hydrogen) atoms. The maximum atomic E-state index is 6.09. The molecule has 0 spiro atoms. The van der Waals surface area contributed by atoms with Crippen LogP contribution in [-0.4, -0.2) is 58.8 Å². The molecule has 10 aromatic rings. The third-order valence-electron chi connectivity index (χ3n) is 10.00. The average molecular weight is 803 g/mol. The van der Waals surface area contributed by atoms with Gasteiger partial charge < -0.3 is 25.2 Å². The summed E-state index contributed by atoms with van der Waals surface area (Å²) in [6.45, 7) is 6.49. The zero-order chi connectivity index (χ0) is 39.6. The fourth-order valence-electron chi connectivity index (χ4n) is 7.03. The second-order valence-corrected chi connectivity index (χ2v) is 15.7. The number of fused-ring (bicyclic) bond motifs is 2. The summed E-state index contributed by atoms with van der Waals surface area (Å²) in [6.07, 6.45) is 13.3. The molecule has 0 aliphatic carbocycles. The van der Waals surface area contributed by atoms with Crippen molar-refractivity contribution in [2.75, 3.05) is 11.5 Å². The molecular weight excluding hydrogens is 765 g/mol. The van der Waals surface area contributed by atoms with Crippen molar-refractivity contribution >= 4 is 54.7 Å². The first-order valence-corrected chi connectivity index (χ1v) is 20.2. The van der Waals surface area contributed by atoms with Crippen LogP contribution in [0.3, 0.4) is 0 Å². The number of nitrogens with two attached hydrogens (primary N) is 2. The fraction of sp³-hybridized carbons (Fsp3) is 0.143. The van der Waals surface area contributed by atoms with Crippen LogP contribution in [0.15, 0.2) is 117 Å². The lowest BCUT2D eigenvalue weighted by atomic mass is 10.1. The van der Waals surface area contributed by atoms with E-state index in [1.807, 2.05) is 68.5 Å². The SMILES string of the molecule is Cc1n[nH]c(C)c1CCn1cnc(-c2ccccc2)c1-c1cc2c(N)ncnc2s1.Nc1ncnc2sc(-c3c(-c4ccccc4)ncn3CCn3ccnc3)cc12. The number of anilines is 2. The number of imidazole rings is 3. The van der Waals surface area contributed by atoms with Gasteiger partial charge in [-0.2, -0.15) is 5.10 Å². The summed E-state index contributed by atoms with van der Waals surface area (Å²) in [4.78, 5) is 34.6. The molecule has 16 heteroatoms. The lowest BCUT2D eigenvalue weighted by molar-refractivity contribution is 0.582. The predicted octanol–water partition coefficient (Wildman–Crippen LogP) is 8.09. The average Bonchev–Trinajstić information content (AvgIpc) is 4.11. The number of thiophene rings is 2. The highest BCUT2D eigenvalue weighted by atomic mass is 32.1. The largest absolute Gasteiger partial charge is 0.383 e. The Bertz CT molecular complexity index is 2940. The Morgan fingerprint density at radius 3 is 1.67 bits per heavy atom. The van der Waals surface area contributed by atoms with Crippen LogP contribution in [0.25, 0.3) is 64.1 Å². The maximum absolute atomic E-state index is 6.09. The molecule has 0 aliphatic heterocycles. The summed E-state index contributed by atoms with van der Waals surface area (Å²) in [5.74, 6) is 0.998. The monoisotopic (exact) mass is 802 g/mol. The number of hydrogen-bond donors (Lipinski definition) is 3. The highest BCUT2D eigenvalue weighted by Crippen LogP contribution is 2.40. The van der Waals surface area contributed by atoms with E-state index in [-0.39, 0.29) is 0 Å². The molecule has 0 atom stereocenters. The van der Waals surface area contributed by atoms with Gasteiger partial charge in [0, 0.05) is 48.8 Å². The van der Waals surface area contributed by atoms with Gasteiger partial charge >= 0.3 is 0 Å². The molecule has 0 saturated heterocycles. The van der Waals surface area contributed by atoms with Crippen LogP contribution in [-0.2, 0) is 26.1 Å². The molecule has 2 aromatic carbocycles. The summed E-state index contributed by atoms with van der Waals surface area (Å²) < 4.78 is 6.44. The van der Waals surface area contributed by atoms with E-state index in [0.29, 0.717) is 11.6 Å². The van der Waals surface area contributed by atoms with Gasteiger partial charge in [0.25, 0.3) is 0 Å². The van der Waals surface area contributed by atoms with Gasteiger partial charge in [-0.1, -0.05) is 60.7 Å². The minimum atomic E-state index is 0.498. The topological polar surface area (TPSA) is 186 Å². The number of benzene rings is 2. The van der Waals surface area contributed by atoms with Gasteiger partial charge in [-0.25, -0.2) is 34.9 Å². The van der Waals surface area contributed by atoms with E-state index in [9.17, 15) is 0 Å². The highest BCUT2D eigenvalue weighted by molar-refractivity contribution is 7.22. The van der Waals surface area contributed by atoms with E-state index < -0.39 is 0 Å². The van der Waals surface area contributed by atoms with Gasteiger partial charge in [-0.3, -0.25) is 5.10 Å². The quantitative estimate of drug-likeness (QED) is 0.122. The number of rotatable bonds is 10. The normalized spacial score (nSPS) is 11.3. The van der Waals surface area contributed by atoms with Gasteiger partial charge in [0.15, 0.2) is 0 Å². The van der Waals surface area contributed by atoms with E-state index in [2.05, 4.69) is 92.1 Å². The van der Waals surface area contributed by atoms with Crippen LogP contribution in [0.2, 0.25) is 0 Å². The van der Waals surface area contributed by atoms with Crippen molar-refractivity contribution in [3.63, 3.8) is 0 Å². The molecule has 14 nitrogen and oxygen atoms in total. The van der Waals surface area contributed by atoms with Gasteiger partial charge in [-0.05, 0) is 38.0 Å². The Kier molecular flexibility index (Phi) is 9.99. The van der Waals surface area contributed by atoms with E-state index in [1.165, 1.54) is 18.2 Å². The first-order chi connectivity index (χ1) is 28.4. The zero-order valence-corrected chi connectivity index (χ0v) is 33.3. The Balaban J connectivity index is 0.000000151. The molecule has 0 amide bonds. The molecular formula is C42H38N14S2. The van der Waals surface area contributed by atoms with Crippen LogP contribution in [0, 0.1) is 13.8 Å². The molecule has 288 valence electrons. The van der Waals surface area contributed by atoms with E-state index in [4.69, 9.17) is 21.4 Å². The number of nitrogen functional groups attached to an aromatic ring is 2. The number of H-pyrrole nitrogens is 1. The lowest BCUT2D eigenvalue weighted by Crippen LogP contribution is -2.06. The number of nitrogens with zero attached hydrogens (tertiary/aromatic N) is 11. The third-order valence-corrected chi connectivity index (χ3v) is 12.1. The van der Waals surface area contributed by atoms with Crippen molar-refractivity contribution in [1.29, 1.82) is 0 Å². The molecule has 0 saturated carbocycles. The van der Waals surface area contributed by atoms with E-state index in [0.717, 1.165) is 102 Å². The third kappa shape index (κ3) is 7.21. The Hall–Kier alpha value is -7.04. The summed E-state index contributed by atoms with van der Waals surface area (Å²) >= 11 is 3.22. The number of nitrogens with one attached hydrogen (secondary N) is 1. The van der Waals surface area contributed by atoms with Crippen molar-refractivity contribution in [3.8, 4) is 43.7 Å². The van der Waals surface area contributed by atoms with Gasteiger partial charge in [0.1, 0.15) is 34.0 Å². The Labute approximate surface area is 341 Å². The molecule has 0 bridgehead atoms. The number of aromatic nitrogens is 12. The maximum Gasteiger partial charge on any atom is 0.135 e. The Morgan fingerprint density at radius 1 is 0.638 bits per heavy atom. The summed E-state index contributed by atoms with van der Waals surface area (Å²) in [5, 5.41) is 9.15. The second-order valence-electron chi connectivity index (χ2n) is 13.6. The molecule has 0 unspecified atom stereocenters. The minimum absolute atomic E-state index is 0.498. The standard InChI is InChI=1S/C22H21N7S.C20H17N7S/c1-13-16(14(2)28-27-13)8-9-29-12-26-19(15-6-4-3-5-7-15)20(29)18-10-17-21(23)24-11-25-22(17)30-18;21-19-15-10-16(28-20(15)24-11-23-19)18-17(14-4-2-1-3-5-14)25-13-27(18)9-8-26-7-6-22-12-26/h3-7,10-12H,8-9H2,1-2H3,(H,27,28)(H2,23,24,25);1-7,10-13H,8-9H2,(H2,21,23,24). The molecule has 8 aromatic heterocycles. The summed E-state index contributed by atoms with van der Waals surface area (Å²) in [5.41, 5.74) is 21.8. The Morgan fingerprint density at radius 2 is 1.19 bits per heavy atom. The number of aromatic amines is 1. The molecule has 10 rings (SSSR count). The number of aryl methyl sites for hydroxylation is 5. The van der Waals surface area contributed by atoms with Crippen molar-refractivity contribution in [1.82, 2.24) is 58.8 Å². The molecule has 5 N–H and O–H groups in total. The predicted molar refractivity (Wildman–Crippen MR) is 231 cm³/mol. The van der Waals surface area contributed by atoms with Gasteiger partial charge in [0.05, 0.1) is 68.0 Å². The first-order valence-electron chi connectivity index (χ1n) is 18.6. The van der Waals surface area contributed by atoms with Crippen LogP contribution in [0.4, 0.5) is 11.6 Å². The van der Waals surface area contributed by atoms with Crippen molar-refractivity contribution < 1.29 is 0 Å². The smallest absolute Gasteiger partial charge is 0.135 e. The number of hydrogen-bond acceptors (Lipinski definition) is 12. The lowest BCUT2D eigenvalue weighted by Gasteiger charge is -2.09.